The fraction of sp³-hybridized carbons (Fsp3) is 0.500. The molecule has 1 aromatic carbocycles. The quantitative estimate of drug-likeness (QED) is 0.803. The fourth-order valence-corrected chi connectivity index (χ4v) is 2.55. The standard InChI is InChI=1S/C14H20N2OS/c1-3-17-12-7-11(8-12)16-10-4-5-13(14(15)18)9(2)6-10/h4-6,11-12,16H,3,7-8H2,1-2H3,(H2,15,18). The second kappa shape index (κ2) is 5.67. The van der Waals surface area contributed by atoms with Crippen molar-refractivity contribution < 1.29 is 4.74 Å². The zero-order valence-corrected chi connectivity index (χ0v) is 11.7. The molecule has 0 saturated heterocycles. The number of hydrogen-bond acceptors (Lipinski definition) is 3. The first-order valence-electron chi connectivity index (χ1n) is 6.38. The lowest BCUT2D eigenvalue weighted by atomic mass is 9.89. The number of nitrogens with two attached hydrogens (primary N) is 1. The number of aryl methyl sites for hydroxylation is 1. The highest BCUT2D eigenvalue weighted by Crippen LogP contribution is 2.27. The van der Waals surface area contributed by atoms with Gasteiger partial charge in [0.15, 0.2) is 0 Å². The molecule has 1 aliphatic carbocycles. The Kier molecular flexibility index (Phi) is 4.19. The van der Waals surface area contributed by atoms with Gasteiger partial charge in [-0.3, -0.25) is 0 Å². The van der Waals surface area contributed by atoms with Crippen LogP contribution in [0.4, 0.5) is 5.69 Å². The summed E-state index contributed by atoms with van der Waals surface area (Å²) in [5.41, 5.74) is 8.85. The molecular formula is C14H20N2OS. The van der Waals surface area contributed by atoms with Crippen LogP contribution >= 0.6 is 12.2 Å². The number of rotatable bonds is 5. The Morgan fingerprint density at radius 2 is 2.22 bits per heavy atom. The van der Waals surface area contributed by atoms with Crippen molar-refractivity contribution in [2.45, 2.75) is 38.8 Å². The van der Waals surface area contributed by atoms with E-state index in [1.165, 1.54) is 0 Å². The number of benzene rings is 1. The zero-order valence-electron chi connectivity index (χ0n) is 10.9. The minimum Gasteiger partial charge on any atom is -0.389 e. The van der Waals surface area contributed by atoms with Crippen LogP contribution in [-0.2, 0) is 4.74 Å². The molecule has 1 aromatic rings. The molecule has 0 atom stereocenters. The van der Waals surface area contributed by atoms with Crippen LogP contribution in [0.15, 0.2) is 18.2 Å². The molecule has 1 aliphatic rings. The largest absolute Gasteiger partial charge is 0.389 e. The van der Waals surface area contributed by atoms with Crippen LogP contribution < -0.4 is 11.1 Å². The molecule has 0 bridgehead atoms. The molecule has 0 aliphatic heterocycles. The van der Waals surface area contributed by atoms with Crippen molar-refractivity contribution in [1.82, 2.24) is 0 Å². The van der Waals surface area contributed by atoms with Gasteiger partial charge in [0, 0.05) is 23.9 Å². The highest BCUT2D eigenvalue weighted by Gasteiger charge is 2.29. The van der Waals surface area contributed by atoms with E-state index in [0.29, 0.717) is 17.1 Å². The number of anilines is 1. The lowest BCUT2D eigenvalue weighted by Gasteiger charge is -2.36. The molecule has 0 heterocycles. The fourth-order valence-electron chi connectivity index (χ4n) is 2.32. The van der Waals surface area contributed by atoms with E-state index >= 15 is 0 Å². The molecule has 18 heavy (non-hydrogen) atoms. The predicted molar refractivity (Wildman–Crippen MR) is 79.1 cm³/mol. The molecule has 1 fully saturated rings. The summed E-state index contributed by atoms with van der Waals surface area (Å²) in [7, 11) is 0. The summed E-state index contributed by atoms with van der Waals surface area (Å²) in [5.74, 6) is 0. The number of ether oxygens (including phenoxy) is 1. The molecule has 4 heteroatoms. The first-order valence-corrected chi connectivity index (χ1v) is 6.79. The molecule has 0 unspecified atom stereocenters. The first-order chi connectivity index (χ1) is 8.60. The third kappa shape index (κ3) is 3.00. The van der Waals surface area contributed by atoms with Crippen molar-refractivity contribution in [2.24, 2.45) is 5.73 Å². The maximum Gasteiger partial charge on any atom is 0.104 e. The molecule has 0 spiro atoms. The smallest absolute Gasteiger partial charge is 0.104 e. The van der Waals surface area contributed by atoms with Crippen molar-refractivity contribution in [3.05, 3.63) is 29.3 Å². The lowest BCUT2D eigenvalue weighted by Crippen LogP contribution is -2.40. The zero-order chi connectivity index (χ0) is 13.1. The van der Waals surface area contributed by atoms with E-state index in [0.717, 1.165) is 36.3 Å². The van der Waals surface area contributed by atoms with Crippen molar-refractivity contribution in [3.63, 3.8) is 0 Å². The van der Waals surface area contributed by atoms with Crippen LogP contribution in [0.5, 0.6) is 0 Å². The van der Waals surface area contributed by atoms with Crippen molar-refractivity contribution in [1.29, 1.82) is 0 Å². The molecule has 98 valence electrons. The average molecular weight is 264 g/mol. The van der Waals surface area contributed by atoms with E-state index in [9.17, 15) is 0 Å². The van der Waals surface area contributed by atoms with Crippen molar-refractivity contribution in [2.75, 3.05) is 11.9 Å². The second-order valence-corrected chi connectivity index (χ2v) is 5.22. The summed E-state index contributed by atoms with van der Waals surface area (Å²) in [6.45, 7) is 4.88. The van der Waals surface area contributed by atoms with Gasteiger partial charge in [0.05, 0.1) is 6.10 Å². The van der Waals surface area contributed by atoms with Gasteiger partial charge in [-0.25, -0.2) is 0 Å². The molecule has 0 amide bonds. The van der Waals surface area contributed by atoms with Crippen LogP contribution in [0, 0.1) is 6.92 Å². The Bertz CT molecular complexity index is 441. The Labute approximate surface area is 114 Å². The van der Waals surface area contributed by atoms with Gasteiger partial charge in [0.25, 0.3) is 0 Å². The van der Waals surface area contributed by atoms with Crippen LogP contribution in [0.1, 0.15) is 30.9 Å². The molecule has 2 rings (SSSR count). The summed E-state index contributed by atoms with van der Waals surface area (Å²) < 4.78 is 5.55. The average Bonchev–Trinajstić information content (AvgIpc) is 2.26. The van der Waals surface area contributed by atoms with E-state index in [2.05, 4.69) is 11.4 Å². The second-order valence-electron chi connectivity index (χ2n) is 4.78. The first kappa shape index (κ1) is 13.3. The van der Waals surface area contributed by atoms with Crippen molar-refractivity contribution in [3.8, 4) is 0 Å². The van der Waals surface area contributed by atoms with Gasteiger partial charge >= 0.3 is 0 Å². The summed E-state index contributed by atoms with van der Waals surface area (Å²) in [4.78, 5) is 0.458. The molecule has 3 N–H and O–H groups in total. The van der Waals surface area contributed by atoms with E-state index in [1.54, 1.807) is 0 Å². The summed E-state index contributed by atoms with van der Waals surface area (Å²) >= 11 is 5.00. The van der Waals surface area contributed by atoms with Crippen LogP contribution in [-0.4, -0.2) is 23.7 Å². The summed E-state index contributed by atoms with van der Waals surface area (Å²) in [5, 5.41) is 3.51. The Balaban J connectivity index is 1.92. The Morgan fingerprint density at radius 1 is 1.50 bits per heavy atom. The van der Waals surface area contributed by atoms with Gasteiger partial charge in [-0.2, -0.15) is 0 Å². The van der Waals surface area contributed by atoms with Crippen LogP contribution in [0.25, 0.3) is 0 Å². The molecule has 0 radical (unpaired) electrons. The third-order valence-electron chi connectivity index (χ3n) is 3.36. The third-order valence-corrected chi connectivity index (χ3v) is 3.58. The molecule has 1 saturated carbocycles. The monoisotopic (exact) mass is 264 g/mol. The van der Waals surface area contributed by atoms with Crippen LogP contribution in [0.2, 0.25) is 0 Å². The maximum atomic E-state index is 5.65. The normalized spacial score (nSPS) is 22.3. The topological polar surface area (TPSA) is 47.3 Å². The van der Waals surface area contributed by atoms with Crippen LogP contribution in [0.3, 0.4) is 0 Å². The SMILES string of the molecule is CCOC1CC(Nc2ccc(C(N)=S)c(C)c2)C1. The van der Waals surface area contributed by atoms with E-state index in [1.807, 2.05) is 26.0 Å². The van der Waals surface area contributed by atoms with Gasteiger partial charge in [-0.1, -0.05) is 12.2 Å². The van der Waals surface area contributed by atoms with Gasteiger partial charge in [0.1, 0.15) is 4.99 Å². The molecular weight excluding hydrogens is 244 g/mol. The van der Waals surface area contributed by atoms with Gasteiger partial charge in [-0.05, 0) is 50.5 Å². The minimum atomic E-state index is 0.435. The number of hydrogen-bond donors (Lipinski definition) is 2. The Morgan fingerprint density at radius 3 is 2.78 bits per heavy atom. The van der Waals surface area contributed by atoms with Gasteiger partial charge in [0.2, 0.25) is 0 Å². The summed E-state index contributed by atoms with van der Waals surface area (Å²) in [6, 6.07) is 6.65. The predicted octanol–water partition coefficient (Wildman–Crippen LogP) is 2.61. The lowest BCUT2D eigenvalue weighted by molar-refractivity contribution is 0.00299. The Hall–Kier alpha value is -1.13. The van der Waals surface area contributed by atoms with Gasteiger partial charge in [-0.15, -0.1) is 0 Å². The summed E-state index contributed by atoms with van der Waals surface area (Å²) in [6.07, 6.45) is 2.61. The highest BCUT2D eigenvalue weighted by atomic mass is 32.1. The minimum absolute atomic E-state index is 0.435. The molecule has 3 nitrogen and oxygen atoms in total. The van der Waals surface area contributed by atoms with E-state index in [-0.39, 0.29) is 0 Å². The molecule has 0 aromatic heterocycles. The maximum absolute atomic E-state index is 5.65. The highest BCUT2D eigenvalue weighted by molar-refractivity contribution is 7.80. The number of nitrogens with one attached hydrogen (secondary N) is 1. The van der Waals surface area contributed by atoms with Crippen molar-refractivity contribution >= 4 is 22.9 Å². The van der Waals surface area contributed by atoms with Gasteiger partial charge < -0.3 is 15.8 Å². The number of thiocarbonyl (C=S) groups is 1. The van der Waals surface area contributed by atoms with E-state index in [4.69, 9.17) is 22.7 Å². The van der Waals surface area contributed by atoms with E-state index < -0.39 is 0 Å².